The predicted octanol–water partition coefficient (Wildman–Crippen LogP) is 1.76. The number of amides is 3. The van der Waals surface area contributed by atoms with Crippen LogP contribution in [-0.2, 0) is 15.0 Å². The van der Waals surface area contributed by atoms with Crippen molar-refractivity contribution in [2.24, 2.45) is 34.7 Å². The van der Waals surface area contributed by atoms with Crippen LogP contribution in [0, 0.1) is 29.6 Å². The van der Waals surface area contributed by atoms with Crippen LogP contribution in [0.2, 0.25) is 0 Å². The number of nitrogens with zero attached hydrogens (tertiary/aromatic N) is 4. The molecule has 5 N–H and O–H groups in total. The summed E-state index contributed by atoms with van der Waals surface area (Å²) in [6.45, 7) is 12.4. The topological polar surface area (TPSA) is 143 Å². The first kappa shape index (κ1) is 35.9. The number of piperidine rings is 2. The van der Waals surface area contributed by atoms with Gasteiger partial charge in [0.25, 0.3) is 10.2 Å². The van der Waals surface area contributed by atoms with Crippen LogP contribution >= 0.6 is 0 Å². The van der Waals surface area contributed by atoms with Crippen LogP contribution in [-0.4, -0.2) is 127 Å². The summed E-state index contributed by atoms with van der Waals surface area (Å²) in [6, 6.07) is -1.51. The summed E-state index contributed by atoms with van der Waals surface area (Å²) in [5.41, 5.74) is 0. The Hall–Kier alpha value is -1.91. The molecule has 12 atom stereocenters. The lowest BCUT2D eigenvalue weighted by Gasteiger charge is -2.60. The summed E-state index contributed by atoms with van der Waals surface area (Å²) in [5.74, 6) is -1.42. The summed E-state index contributed by atoms with van der Waals surface area (Å²) in [5, 5.41) is 16.3. The smallest absolute Gasteiger partial charge is 0.320 e. The fraction of sp³-hybridized carbons (Fsp3) is 0.879. The normalized spacial score (nSPS) is 42.0. The van der Waals surface area contributed by atoms with Crippen molar-refractivity contribution in [1.29, 1.82) is 0 Å². The third-order valence-corrected chi connectivity index (χ3v) is 13.4. The van der Waals surface area contributed by atoms with E-state index in [1.54, 1.807) is 4.90 Å². The number of piperazine rings is 1. The monoisotopic (exact) mass is 698 g/mol. The number of nitrogens with two attached hydrogens (primary N) is 1. The number of urea groups is 1. The van der Waals surface area contributed by atoms with Crippen molar-refractivity contribution in [3.63, 3.8) is 0 Å². The summed E-state index contributed by atoms with van der Waals surface area (Å²) in [7, 11) is -4.06. The number of alkyl halides is 2. The number of fused-ring (bicyclic) bond motifs is 5. The number of carbonyl (C=O) groups is 2. The van der Waals surface area contributed by atoms with E-state index in [0.29, 0.717) is 45.3 Å². The Balaban J connectivity index is 1.41. The maximum absolute atomic E-state index is 16.8. The van der Waals surface area contributed by atoms with Gasteiger partial charge in [0.15, 0.2) is 0 Å². The molecule has 15 heteroatoms. The van der Waals surface area contributed by atoms with Crippen molar-refractivity contribution in [1.82, 2.24) is 35.0 Å². The van der Waals surface area contributed by atoms with Gasteiger partial charge in [-0.05, 0) is 75.8 Å². The first-order valence-corrected chi connectivity index (χ1v) is 19.6. The Morgan fingerprint density at radius 1 is 1.02 bits per heavy atom. The van der Waals surface area contributed by atoms with Crippen LogP contribution in [0.15, 0.2) is 12.7 Å². The molecule has 272 valence electrons. The second kappa shape index (κ2) is 14.4. The molecule has 6 rings (SSSR count). The number of hydrogen-bond donors (Lipinski definition) is 4. The highest BCUT2D eigenvalue weighted by Gasteiger charge is 2.57. The molecular formula is C33H56F2N8O4S. The average Bonchev–Trinajstić information content (AvgIpc) is 3.04. The maximum Gasteiger partial charge on any atom is 0.320 e. The number of rotatable bonds is 4. The molecular weight excluding hydrogens is 642 g/mol. The molecule has 2 bridgehead atoms. The average molecular weight is 699 g/mol. The fourth-order valence-corrected chi connectivity index (χ4v) is 10.9. The van der Waals surface area contributed by atoms with Gasteiger partial charge in [-0.15, -0.1) is 0 Å². The largest absolute Gasteiger partial charge is 0.336 e. The molecule has 0 aromatic heterocycles. The first-order chi connectivity index (χ1) is 22.8. The van der Waals surface area contributed by atoms with E-state index in [1.807, 2.05) is 11.8 Å². The van der Waals surface area contributed by atoms with Crippen molar-refractivity contribution in [3.8, 4) is 0 Å². The van der Waals surface area contributed by atoms with Crippen LogP contribution in [0.5, 0.6) is 0 Å². The first-order valence-electron chi connectivity index (χ1n) is 18.1. The SMILES string of the molecule is C=CC(=O)N1CCN(C2NC(=O)N3C4NC(C(F)CC42)C2C(F)CCCC2CN(S(N)(=O)=O)CCCC2CCNC(C(C)C)C23)[C@@H](C)C1. The fourth-order valence-electron chi connectivity index (χ4n) is 10.2. The second-order valence-corrected chi connectivity index (χ2v) is 17.1. The third kappa shape index (κ3) is 6.88. The highest BCUT2D eigenvalue weighted by atomic mass is 32.2. The maximum atomic E-state index is 16.8. The molecule has 1 saturated carbocycles. The molecule has 1 aliphatic carbocycles. The Morgan fingerprint density at radius 2 is 1.77 bits per heavy atom. The number of nitrogens with one attached hydrogen (secondary N) is 3. The van der Waals surface area contributed by atoms with Crippen LogP contribution in [0.25, 0.3) is 0 Å². The Kier molecular flexibility index (Phi) is 10.8. The molecule has 11 unspecified atom stereocenters. The minimum Gasteiger partial charge on any atom is -0.336 e. The van der Waals surface area contributed by atoms with E-state index >= 15 is 8.78 Å². The van der Waals surface area contributed by atoms with Crippen molar-refractivity contribution in [2.45, 2.75) is 115 Å². The van der Waals surface area contributed by atoms with Gasteiger partial charge in [0.2, 0.25) is 5.91 Å². The van der Waals surface area contributed by atoms with E-state index in [4.69, 9.17) is 5.14 Å². The van der Waals surface area contributed by atoms with E-state index in [1.165, 1.54) is 10.4 Å². The minimum absolute atomic E-state index is 0.0433. The number of halogens is 2. The van der Waals surface area contributed by atoms with Crippen molar-refractivity contribution in [3.05, 3.63) is 12.7 Å². The quantitative estimate of drug-likeness (QED) is 0.328. The van der Waals surface area contributed by atoms with Gasteiger partial charge < -0.3 is 20.4 Å². The molecule has 5 heterocycles. The lowest BCUT2D eigenvalue weighted by Crippen LogP contribution is -2.80. The highest BCUT2D eigenvalue weighted by Crippen LogP contribution is 2.44. The molecule has 6 fully saturated rings. The minimum atomic E-state index is -4.06. The highest BCUT2D eigenvalue weighted by molar-refractivity contribution is 7.86. The summed E-state index contributed by atoms with van der Waals surface area (Å²) >= 11 is 0. The van der Waals surface area contributed by atoms with Gasteiger partial charge in [0.1, 0.15) is 12.3 Å². The Bertz CT molecular complexity index is 1310. The molecule has 0 aromatic rings. The standard InChI is InChI=1S/C33H56F2N8O4S/c1-5-26(44)40-14-15-42(20(4)17-40)31-23-16-25(35)29-27-22(8-6-10-24(27)34)18-41(48(36,46)47)13-7-9-21-11-12-37-28(19(2)3)30(21)43(32(23)38-29)33(45)39-31/h5,19-25,27-32,37-38H,1,6-18H2,2-4H3,(H,39,45)(H2,36,46,47)/t20-,21?,22?,23?,24?,25?,27?,28?,29?,30?,31?,32?/m0/s1. The molecule has 0 aromatic carbocycles. The Morgan fingerprint density at radius 3 is 2.46 bits per heavy atom. The van der Waals surface area contributed by atoms with Crippen molar-refractivity contribution >= 4 is 22.1 Å². The molecule has 5 saturated heterocycles. The van der Waals surface area contributed by atoms with Gasteiger partial charge in [-0.1, -0.05) is 26.8 Å². The Labute approximate surface area is 284 Å². The lowest BCUT2D eigenvalue weighted by atomic mass is 9.69. The van der Waals surface area contributed by atoms with Gasteiger partial charge in [0.05, 0.1) is 18.4 Å². The van der Waals surface area contributed by atoms with E-state index in [0.717, 1.165) is 13.0 Å². The molecule has 6 aliphatic rings. The van der Waals surface area contributed by atoms with Gasteiger partial charge >= 0.3 is 6.03 Å². The molecule has 12 nitrogen and oxygen atoms in total. The number of hydrogen-bond acceptors (Lipinski definition) is 7. The van der Waals surface area contributed by atoms with Crippen molar-refractivity contribution < 1.29 is 26.8 Å². The zero-order valence-electron chi connectivity index (χ0n) is 28.6. The summed E-state index contributed by atoms with van der Waals surface area (Å²) in [4.78, 5) is 32.9. The predicted molar refractivity (Wildman–Crippen MR) is 179 cm³/mol. The van der Waals surface area contributed by atoms with Gasteiger partial charge in [-0.2, -0.15) is 12.7 Å². The van der Waals surface area contributed by atoms with Gasteiger partial charge in [-0.25, -0.2) is 18.7 Å². The molecule has 5 aliphatic heterocycles. The van der Waals surface area contributed by atoms with Crippen LogP contribution in [0.4, 0.5) is 13.6 Å². The van der Waals surface area contributed by atoms with Gasteiger partial charge in [-0.3, -0.25) is 15.0 Å². The van der Waals surface area contributed by atoms with Crippen LogP contribution in [0.3, 0.4) is 0 Å². The van der Waals surface area contributed by atoms with Crippen LogP contribution in [0.1, 0.15) is 65.7 Å². The van der Waals surface area contributed by atoms with E-state index in [2.05, 4.69) is 41.3 Å². The zero-order valence-corrected chi connectivity index (χ0v) is 29.5. The summed E-state index contributed by atoms with van der Waals surface area (Å²) in [6.07, 6.45) is 1.18. The molecule has 0 radical (unpaired) electrons. The second-order valence-electron chi connectivity index (χ2n) is 15.5. The van der Waals surface area contributed by atoms with E-state index in [-0.39, 0.29) is 73.7 Å². The van der Waals surface area contributed by atoms with E-state index in [9.17, 15) is 18.0 Å². The van der Waals surface area contributed by atoms with E-state index < -0.39 is 52.8 Å². The summed E-state index contributed by atoms with van der Waals surface area (Å²) < 4.78 is 59.9. The molecule has 3 amide bonds. The lowest BCUT2D eigenvalue weighted by molar-refractivity contribution is -0.132. The zero-order chi connectivity index (χ0) is 34.5. The van der Waals surface area contributed by atoms with Crippen molar-refractivity contribution in [2.75, 3.05) is 39.3 Å². The molecule has 0 spiro atoms. The number of carbonyl (C=O) groups excluding carboxylic acids is 2. The third-order valence-electron chi connectivity index (χ3n) is 12.4. The van der Waals surface area contributed by atoms with Gasteiger partial charge in [0, 0.05) is 62.7 Å². The van der Waals surface area contributed by atoms with Crippen LogP contribution < -0.4 is 21.1 Å². The molecule has 48 heavy (non-hydrogen) atoms.